The molecule has 0 fully saturated rings. The van der Waals surface area contributed by atoms with E-state index < -0.39 is 0 Å². The van der Waals surface area contributed by atoms with Crippen LogP contribution in [0.4, 0.5) is 0 Å². The lowest BCUT2D eigenvalue weighted by Crippen LogP contribution is -2.29. The van der Waals surface area contributed by atoms with E-state index in [1.807, 2.05) is 13.0 Å². The van der Waals surface area contributed by atoms with Crippen LogP contribution in [0.5, 0.6) is 0 Å². The van der Waals surface area contributed by atoms with E-state index in [4.69, 9.17) is 9.57 Å². The van der Waals surface area contributed by atoms with Crippen molar-refractivity contribution in [2.24, 2.45) is 15.7 Å². The zero-order valence-corrected chi connectivity index (χ0v) is 17.7. The number of nitrogens with zero attached hydrogens (tertiary/aromatic N) is 2. The molecule has 1 heterocycles. The smallest absolute Gasteiger partial charge is 0.204 e. The number of fused-ring (bicyclic) bond motifs is 3. The summed E-state index contributed by atoms with van der Waals surface area (Å²) in [5.74, 6) is 0.721. The SMILES string of the molecule is CO/N=C1/c2ccccc2-c2ccc(CCCC(C)(C)CC3NN=C(C)O3)cc21. The highest BCUT2D eigenvalue weighted by molar-refractivity contribution is 6.24. The molecule has 0 aromatic heterocycles. The van der Waals surface area contributed by atoms with Gasteiger partial charge in [0.05, 0.1) is 0 Å². The molecule has 29 heavy (non-hydrogen) atoms. The van der Waals surface area contributed by atoms with Gasteiger partial charge in [0.2, 0.25) is 5.90 Å². The Balaban J connectivity index is 1.42. The highest BCUT2D eigenvalue weighted by Gasteiger charge is 2.28. The zero-order valence-electron chi connectivity index (χ0n) is 17.7. The fraction of sp³-hybridized carbons (Fsp3) is 0.417. The van der Waals surface area contributed by atoms with Gasteiger partial charge in [-0.2, -0.15) is 0 Å². The maximum Gasteiger partial charge on any atom is 0.204 e. The third kappa shape index (κ3) is 4.14. The molecular formula is C24H29N3O2. The first-order chi connectivity index (χ1) is 14.0. The number of nitrogens with one attached hydrogen (secondary N) is 1. The van der Waals surface area contributed by atoms with Gasteiger partial charge in [-0.3, -0.25) is 5.43 Å². The monoisotopic (exact) mass is 391 g/mol. The van der Waals surface area contributed by atoms with E-state index in [0.29, 0.717) is 0 Å². The second kappa shape index (κ2) is 7.90. The van der Waals surface area contributed by atoms with Gasteiger partial charge >= 0.3 is 0 Å². The first-order valence-electron chi connectivity index (χ1n) is 10.3. The lowest BCUT2D eigenvalue weighted by molar-refractivity contribution is 0.115. The number of rotatable bonds is 7. The fourth-order valence-electron chi connectivity index (χ4n) is 4.32. The molecule has 0 saturated carbocycles. The Labute approximate surface area is 172 Å². The molecule has 1 atom stereocenters. The average Bonchev–Trinajstić information content (AvgIpc) is 3.23. The van der Waals surface area contributed by atoms with Crippen LogP contribution in [0.2, 0.25) is 0 Å². The highest BCUT2D eigenvalue weighted by atomic mass is 16.6. The molecule has 0 saturated heterocycles. The van der Waals surface area contributed by atoms with Crippen molar-refractivity contribution in [1.29, 1.82) is 0 Å². The standard InChI is InChI=1S/C24H29N3O2/c1-16-25-26-22(29-16)15-24(2,3)13-7-8-17-11-12-19-18-9-5-6-10-20(18)23(27-28-4)21(19)14-17/h5-6,9-12,14,22,26H,7-8,13,15H2,1-4H3/b27-23-. The van der Waals surface area contributed by atoms with Crippen LogP contribution in [-0.4, -0.2) is 24.9 Å². The minimum atomic E-state index is -0.00341. The quantitative estimate of drug-likeness (QED) is 0.571. The van der Waals surface area contributed by atoms with Crippen molar-refractivity contribution in [3.8, 4) is 11.1 Å². The molecule has 0 amide bonds. The minimum absolute atomic E-state index is 0.00341. The number of hydrogen-bond acceptors (Lipinski definition) is 5. The van der Waals surface area contributed by atoms with Crippen molar-refractivity contribution in [2.75, 3.05) is 7.11 Å². The third-order valence-corrected chi connectivity index (χ3v) is 5.73. The van der Waals surface area contributed by atoms with Crippen LogP contribution in [0, 0.1) is 5.41 Å². The number of aryl methyl sites for hydroxylation is 1. The van der Waals surface area contributed by atoms with Gasteiger partial charge in [-0.15, -0.1) is 5.10 Å². The molecule has 2 aromatic rings. The van der Waals surface area contributed by atoms with Crippen molar-refractivity contribution >= 4 is 11.6 Å². The molecule has 4 rings (SSSR count). The third-order valence-electron chi connectivity index (χ3n) is 5.73. The van der Waals surface area contributed by atoms with E-state index in [2.05, 4.69) is 65.9 Å². The summed E-state index contributed by atoms with van der Waals surface area (Å²) in [7, 11) is 1.61. The van der Waals surface area contributed by atoms with Gasteiger partial charge in [0.25, 0.3) is 0 Å². The molecule has 5 nitrogen and oxygen atoms in total. The van der Waals surface area contributed by atoms with Crippen molar-refractivity contribution in [1.82, 2.24) is 5.43 Å². The maximum absolute atomic E-state index is 5.69. The van der Waals surface area contributed by atoms with Crippen LogP contribution in [0.15, 0.2) is 52.7 Å². The van der Waals surface area contributed by atoms with Crippen LogP contribution >= 0.6 is 0 Å². The maximum atomic E-state index is 5.69. The molecule has 1 unspecified atom stereocenters. The predicted octanol–water partition coefficient (Wildman–Crippen LogP) is 5.08. The minimum Gasteiger partial charge on any atom is -0.455 e. The summed E-state index contributed by atoms with van der Waals surface area (Å²) < 4.78 is 5.69. The molecule has 152 valence electrons. The van der Waals surface area contributed by atoms with Crippen molar-refractivity contribution in [3.05, 3.63) is 59.2 Å². The van der Waals surface area contributed by atoms with Crippen LogP contribution in [0.1, 0.15) is 56.7 Å². The number of benzene rings is 2. The normalized spacial score (nSPS) is 18.7. The zero-order chi connectivity index (χ0) is 20.4. The summed E-state index contributed by atoms with van der Waals surface area (Å²) in [5, 5.41) is 8.44. The molecule has 0 bridgehead atoms. The molecule has 1 N–H and O–H groups in total. The molecule has 2 aromatic carbocycles. The van der Waals surface area contributed by atoms with Crippen molar-refractivity contribution < 1.29 is 9.57 Å². The number of oxime groups is 1. The summed E-state index contributed by atoms with van der Waals surface area (Å²) >= 11 is 0. The largest absolute Gasteiger partial charge is 0.455 e. The molecule has 1 aliphatic carbocycles. The summed E-state index contributed by atoms with van der Waals surface area (Å²) in [4.78, 5) is 5.14. The molecule has 0 radical (unpaired) electrons. The van der Waals surface area contributed by atoms with E-state index in [0.717, 1.165) is 42.9 Å². The Kier molecular flexibility index (Phi) is 5.31. The van der Waals surface area contributed by atoms with Gasteiger partial charge in [0.15, 0.2) is 6.23 Å². The molecule has 0 spiro atoms. The predicted molar refractivity (Wildman–Crippen MR) is 117 cm³/mol. The van der Waals surface area contributed by atoms with Gasteiger partial charge in [-0.05, 0) is 47.4 Å². The van der Waals surface area contributed by atoms with E-state index in [1.165, 1.54) is 22.3 Å². The van der Waals surface area contributed by atoms with Crippen LogP contribution in [-0.2, 0) is 16.0 Å². The Morgan fingerprint density at radius 2 is 1.86 bits per heavy atom. The number of hydrazone groups is 1. The lowest BCUT2D eigenvalue weighted by Gasteiger charge is -2.27. The van der Waals surface area contributed by atoms with E-state index >= 15 is 0 Å². The molecule has 1 aliphatic heterocycles. The van der Waals surface area contributed by atoms with Gasteiger partial charge in [-0.1, -0.05) is 55.4 Å². The fourth-order valence-corrected chi connectivity index (χ4v) is 4.32. The highest BCUT2D eigenvalue weighted by Crippen LogP contribution is 2.38. The summed E-state index contributed by atoms with van der Waals surface area (Å²) in [6.07, 6.45) is 4.24. The average molecular weight is 392 g/mol. The van der Waals surface area contributed by atoms with E-state index in [9.17, 15) is 0 Å². The summed E-state index contributed by atoms with van der Waals surface area (Å²) in [6, 6.07) is 15.1. The molecular weight excluding hydrogens is 362 g/mol. The van der Waals surface area contributed by atoms with E-state index in [-0.39, 0.29) is 11.6 Å². The second-order valence-electron chi connectivity index (χ2n) is 8.64. The van der Waals surface area contributed by atoms with Crippen molar-refractivity contribution in [3.63, 3.8) is 0 Å². The van der Waals surface area contributed by atoms with Crippen molar-refractivity contribution in [2.45, 2.75) is 52.7 Å². The topological polar surface area (TPSA) is 55.2 Å². The Morgan fingerprint density at radius 1 is 1.10 bits per heavy atom. The number of hydrogen-bond donors (Lipinski definition) is 1. The first kappa shape index (κ1) is 19.5. The van der Waals surface area contributed by atoms with Gasteiger partial charge < -0.3 is 9.57 Å². The second-order valence-corrected chi connectivity index (χ2v) is 8.64. The molecule has 2 aliphatic rings. The van der Waals surface area contributed by atoms with Gasteiger partial charge in [0.1, 0.15) is 12.8 Å². The molecule has 5 heteroatoms. The van der Waals surface area contributed by atoms with E-state index in [1.54, 1.807) is 7.11 Å². The summed E-state index contributed by atoms with van der Waals surface area (Å²) in [5.41, 5.74) is 10.3. The van der Waals surface area contributed by atoms with Gasteiger partial charge in [0, 0.05) is 24.5 Å². The Morgan fingerprint density at radius 3 is 2.59 bits per heavy atom. The number of ether oxygens (including phenoxy) is 1. The van der Waals surface area contributed by atoms with Crippen LogP contribution in [0.3, 0.4) is 0 Å². The lowest BCUT2D eigenvalue weighted by atomic mass is 9.82. The summed E-state index contributed by atoms with van der Waals surface area (Å²) in [6.45, 7) is 6.48. The first-order valence-corrected chi connectivity index (χ1v) is 10.3. The van der Waals surface area contributed by atoms with Crippen LogP contribution < -0.4 is 5.43 Å². The Bertz CT molecular complexity index is 962. The van der Waals surface area contributed by atoms with Gasteiger partial charge in [-0.25, -0.2) is 0 Å². The Hall–Kier alpha value is -2.82. The van der Waals surface area contributed by atoms with Crippen LogP contribution in [0.25, 0.3) is 11.1 Å².